The summed E-state index contributed by atoms with van der Waals surface area (Å²) in [6.07, 6.45) is 2.77. The standard InChI is InChI=1S/C17H24N4O2S/c1-23-13-2-3-15-16(8-13)20-17(9-19-15)24-7-6-21-5-4-14(18)12(10-21)11-22/h2-3,8-9,12,14,22H,4-7,10-11,18H2,1H3. The Balaban J connectivity index is 1.55. The number of hydrogen-bond donors (Lipinski definition) is 2. The topological polar surface area (TPSA) is 84.5 Å². The Morgan fingerprint density at radius 3 is 3.08 bits per heavy atom. The quantitative estimate of drug-likeness (QED) is 0.763. The van der Waals surface area contributed by atoms with E-state index in [4.69, 9.17) is 10.5 Å². The number of thioether (sulfide) groups is 1. The summed E-state index contributed by atoms with van der Waals surface area (Å²) in [4.78, 5) is 11.5. The van der Waals surface area contributed by atoms with Crippen molar-refractivity contribution in [3.8, 4) is 5.75 Å². The van der Waals surface area contributed by atoms with Crippen molar-refractivity contribution in [1.82, 2.24) is 14.9 Å². The van der Waals surface area contributed by atoms with Crippen molar-refractivity contribution >= 4 is 22.8 Å². The van der Waals surface area contributed by atoms with E-state index in [-0.39, 0.29) is 18.6 Å². The van der Waals surface area contributed by atoms with Gasteiger partial charge in [0.1, 0.15) is 10.8 Å². The van der Waals surface area contributed by atoms with Gasteiger partial charge in [0.2, 0.25) is 0 Å². The van der Waals surface area contributed by atoms with Gasteiger partial charge in [0.05, 0.1) is 24.3 Å². The van der Waals surface area contributed by atoms with E-state index in [1.165, 1.54) is 0 Å². The van der Waals surface area contributed by atoms with Crippen LogP contribution in [0, 0.1) is 5.92 Å². The molecule has 1 aliphatic rings. The molecule has 6 nitrogen and oxygen atoms in total. The Labute approximate surface area is 146 Å². The second kappa shape index (κ2) is 8.11. The molecule has 130 valence electrons. The Hall–Kier alpha value is -1.41. The van der Waals surface area contributed by atoms with E-state index in [0.717, 1.165) is 53.6 Å². The lowest BCUT2D eigenvalue weighted by Crippen LogP contribution is -2.48. The van der Waals surface area contributed by atoms with Crippen LogP contribution in [-0.4, -0.2) is 65.1 Å². The number of aliphatic hydroxyl groups is 1. The zero-order valence-electron chi connectivity index (χ0n) is 13.9. The van der Waals surface area contributed by atoms with Gasteiger partial charge in [-0.2, -0.15) is 0 Å². The minimum Gasteiger partial charge on any atom is -0.497 e. The van der Waals surface area contributed by atoms with Crippen molar-refractivity contribution in [2.24, 2.45) is 11.7 Å². The van der Waals surface area contributed by atoms with Crippen LogP contribution in [0.4, 0.5) is 0 Å². The van der Waals surface area contributed by atoms with Gasteiger partial charge in [-0.3, -0.25) is 4.98 Å². The number of aromatic nitrogens is 2. The van der Waals surface area contributed by atoms with Gasteiger partial charge in [0, 0.05) is 43.5 Å². The van der Waals surface area contributed by atoms with Crippen LogP contribution < -0.4 is 10.5 Å². The summed E-state index contributed by atoms with van der Waals surface area (Å²) >= 11 is 1.70. The lowest BCUT2D eigenvalue weighted by atomic mass is 9.94. The number of likely N-dealkylation sites (tertiary alicyclic amines) is 1. The van der Waals surface area contributed by atoms with Gasteiger partial charge < -0.3 is 20.5 Å². The Morgan fingerprint density at radius 1 is 1.42 bits per heavy atom. The molecule has 0 amide bonds. The van der Waals surface area contributed by atoms with Crippen molar-refractivity contribution in [2.45, 2.75) is 17.5 Å². The molecule has 1 aromatic carbocycles. The lowest BCUT2D eigenvalue weighted by Gasteiger charge is -2.35. The van der Waals surface area contributed by atoms with Crippen molar-refractivity contribution in [2.75, 3.05) is 39.1 Å². The third-order valence-corrected chi connectivity index (χ3v) is 5.38. The number of fused-ring (bicyclic) bond motifs is 1. The van der Waals surface area contributed by atoms with E-state index in [2.05, 4.69) is 14.9 Å². The van der Waals surface area contributed by atoms with Gasteiger partial charge in [0.25, 0.3) is 0 Å². The van der Waals surface area contributed by atoms with Crippen LogP contribution in [0.3, 0.4) is 0 Å². The molecule has 0 radical (unpaired) electrons. The van der Waals surface area contributed by atoms with Crippen LogP contribution in [0.1, 0.15) is 6.42 Å². The molecule has 0 bridgehead atoms. The number of hydrogen-bond acceptors (Lipinski definition) is 7. The van der Waals surface area contributed by atoms with Crippen LogP contribution in [0.25, 0.3) is 11.0 Å². The molecule has 1 fully saturated rings. The van der Waals surface area contributed by atoms with Crippen LogP contribution in [0.15, 0.2) is 29.4 Å². The van der Waals surface area contributed by atoms with Crippen LogP contribution >= 0.6 is 11.8 Å². The molecular weight excluding hydrogens is 324 g/mol. The van der Waals surface area contributed by atoms with Crippen molar-refractivity contribution < 1.29 is 9.84 Å². The average molecular weight is 348 g/mol. The molecule has 0 saturated carbocycles. The van der Waals surface area contributed by atoms with E-state index in [0.29, 0.717) is 0 Å². The first-order valence-corrected chi connectivity index (χ1v) is 9.20. The van der Waals surface area contributed by atoms with Gasteiger partial charge >= 0.3 is 0 Å². The molecule has 1 saturated heterocycles. The van der Waals surface area contributed by atoms with Crippen LogP contribution in [-0.2, 0) is 0 Å². The summed E-state index contributed by atoms with van der Waals surface area (Å²) in [6, 6.07) is 5.84. The molecule has 2 unspecified atom stereocenters. The number of benzene rings is 1. The molecule has 3 N–H and O–H groups in total. The fourth-order valence-electron chi connectivity index (χ4n) is 2.97. The second-order valence-corrected chi connectivity index (χ2v) is 7.22. The number of aliphatic hydroxyl groups excluding tert-OH is 1. The molecule has 2 atom stereocenters. The SMILES string of the molecule is COc1ccc2ncc(SCCN3CCC(N)C(CO)C3)nc2c1. The van der Waals surface area contributed by atoms with Crippen LogP contribution in [0.5, 0.6) is 5.75 Å². The molecule has 2 heterocycles. The Morgan fingerprint density at radius 2 is 2.29 bits per heavy atom. The van der Waals surface area contributed by atoms with Gasteiger partial charge in [-0.1, -0.05) is 0 Å². The summed E-state index contributed by atoms with van der Waals surface area (Å²) in [5, 5.41) is 10.3. The molecular formula is C17H24N4O2S. The highest BCUT2D eigenvalue weighted by Gasteiger charge is 2.25. The largest absolute Gasteiger partial charge is 0.497 e. The molecule has 24 heavy (non-hydrogen) atoms. The minimum atomic E-state index is 0.125. The first-order chi connectivity index (χ1) is 11.7. The predicted molar refractivity (Wildman–Crippen MR) is 96.4 cm³/mol. The molecule has 0 spiro atoms. The molecule has 1 aromatic heterocycles. The summed E-state index contributed by atoms with van der Waals surface area (Å²) in [5.41, 5.74) is 7.75. The maximum atomic E-state index is 9.39. The van der Waals surface area contributed by atoms with E-state index in [1.54, 1.807) is 18.9 Å². The fraction of sp³-hybridized carbons (Fsp3) is 0.529. The fourth-order valence-corrected chi connectivity index (χ4v) is 3.82. The normalized spacial score (nSPS) is 22.0. The predicted octanol–water partition coefficient (Wildman–Crippen LogP) is 1.37. The summed E-state index contributed by atoms with van der Waals surface area (Å²) < 4.78 is 5.24. The summed E-state index contributed by atoms with van der Waals surface area (Å²) in [5.74, 6) is 1.92. The van der Waals surface area contributed by atoms with Crippen molar-refractivity contribution in [3.63, 3.8) is 0 Å². The molecule has 1 aliphatic heterocycles. The van der Waals surface area contributed by atoms with Gasteiger partial charge in [0.15, 0.2) is 0 Å². The van der Waals surface area contributed by atoms with Crippen LogP contribution in [0.2, 0.25) is 0 Å². The average Bonchev–Trinajstić information content (AvgIpc) is 2.62. The zero-order chi connectivity index (χ0) is 16.9. The van der Waals surface area contributed by atoms with E-state index < -0.39 is 0 Å². The van der Waals surface area contributed by atoms with Crippen molar-refractivity contribution in [3.05, 3.63) is 24.4 Å². The second-order valence-electron chi connectivity index (χ2n) is 6.11. The maximum absolute atomic E-state index is 9.39. The Kier molecular flexibility index (Phi) is 5.89. The number of nitrogens with two attached hydrogens (primary N) is 1. The zero-order valence-corrected chi connectivity index (χ0v) is 14.7. The van der Waals surface area contributed by atoms with Gasteiger partial charge in [-0.25, -0.2) is 4.98 Å². The van der Waals surface area contributed by atoms with Gasteiger partial charge in [-0.15, -0.1) is 11.8 Å². The highest BCUT2D eigenvalue weighted by molar-refractivity contribution is 7.99. The maximum Gasteiger partial charge on any atom is 0.121 e. The number of ether oxygens (including phenoxy) is 1. The number of rotatable bonds is 6. The number of piperidine rings is 1. The van der Waals surface area contributed by atoms with Crippen molar-refractivity contribution in [1.29, 1.82) is 0 Å². The number of methoxy groups -OCH3 is 1. The number of nitrogens with zero attached hydrogens (tertiary/aromatic N) is 3. The third kappa shape index (κ3) is 4.16. The van der Waals surface area contributed by atoms with Gasteiger partial charge in [-0.05, 0) is 25.1 Å². The Bertz CT molecular complexity index is 685. The van der Waals surface area contributed by atoms with E-state index in [1.807, 2.05) is 24.4 Å². The molecule has 7 heteroatoms. The summed E-state index contributed by atoms with van der Waals surface area (Å²) in [6.45, 7) is 3.01. The third-order valence-electron chi connectivity index (χ3n) is 4.50. The minimum absolute atomic E-state index is 0.125. The van der Waals surface area contributed by atoms with E-state index >= 15 is 0 Å². The molecule has 0 aliphatic carbocycles. The first kappa shape index (κ1) is 17.4. The molecule has 2 aromatic rings. The monoisotopic (exact) mass is 348 g/mol. The lowest BCUT2D eigenvalue weighted by molar-refractivity contribution is 0.108. The summed E-state index contributed by atoms with van der Waals surface area (Å²) in [7, 11) is 1.65. The molecule has 3 rings (SSSR count). The van der Waals surface area contributed by atoms with E-state index in [9.17, 15) is 5.11 Å². The first-order valence-electron chi connectivity index (χ1n) is 8.22. The highest BCUT2D eigenvalue weighted by atomic mass is 32.2. The smallest absolute Gasteiger partial charge is 0.121 e. The highest BCUT2D eigenvalue weighted by Crippen LogP contribution is 2.22.